The highest BCUT2D eigenvalue weighted by molar-refractivity contribution is 5.99. The van der Waals surface area contributed by atoms with Crippen molar-refractivity contribution in [2.24, 2.45) is 10.9 Å². The first-order valence-electron chi connectivity index (χ1n) is 12.8. The molecule has 41 heavy (non-hydrogen) atoms. The van der Waals surface area contributed by atoms with Crippen molar-refractivity contribution in [2.45, 2.75) is 44.1 Å². The molecule has 0 radical (unpaired) electrons. The van der Waals surface area contributed by atoms with Crippen LogP contribution in [0.2, 0.25) is 0 Å². The molecular formula is C26H27FN8O6. The Kier molecular flexibility index (Phi) is 8.14. The fraction of sp³-hybridized carbons (Fsp3) is 0.346. The number of halogens is 1. The number of hydrogen-bond donors (Lipinski definition) is 3. The number of oxime groups is 1. The van der Waals surface area contributed by atoms with Crippen molar-refractivity contribution >= 4 is 29.4 Å². The summed E-state index contributed by atoms with van der Waals surface area (Å²) in [5, 5.41) is 23.4. The van der Waals surface area contributed by atoms with Gasteiger partial charge in [-0.15, -0.1) is 5.10 Å². The average Bonchev–Trinajstić information content (AvgIpc) is 3.71. The number of primary amides is 1. The number of carboxylic acids is 1. The third-order valence-electron chi connectivity index (χ3n) is 6.69. The largest absolute Gasteiger partial charge is 0.481 e. The first kappa shape index (κ1) is 27.6. The van der Waals surface area contributed by atoms with E-state index in [0.717, 1.165) is 0 Å². The van der Waals surface area contributed by atoms with Gasteiger partial charge in [-0.2, -0.15) is 0 Å². The zero-order valence-electron chi connectivity index (χ0n) is 21.7. The predicted molar refractivity (Wildman–Crippen MR) is 141 cm³/mol. The van der Waals surface area contributed by atoms with Gasteiger partial charge in [0, 0.05) is 42.9 Å². The molecule has 214 valence electrons. The van der Waals surface area contributed by atoms with Crippen LogP contribution in [0.4, 0.5) is 14.9 Å². The molecule has 1 unspecified atom stereocenters. The molecule has 1 aromatic carbocycles. The summed E-state index contributed by atoms with van der Waals surface area (Å²) in [4.78, 5) is 45.9. The molecule has 0 aliphatic carbocycles. The number of nitrogens with one attached hydrogen (secondary N) is 1. The van der Waals surface area contributed by atoms with Crippen LogP contribution < -0.4 is 16.0 Å². The minimum Gasteiger partial charge on any atom is -0.481 e. The number of pyridine rings is 1. The maximum atomic E-state index is 15.1. The Labute approximate surface area is 232 Å². The van der Waals surface area contributed by atoms with Crippen LogP contribution in [0.25, 0.3) is 11.1 Å². The number of benzene rings is 1. The highest BCUT2D eigenvalue weighted by atomic mass is 19.1. The quantitative estimate of drug-likeness (QED) is 0.288. The summed E-state index contributed by atoms with van der Waals surface area (Å²) >= 11 is 0. The second-order valence-corrected chi connectivity index (χ2v) is 9.60. The van der Waals surface area contributed by atoms with E-state index < -0.39 is 42.0 Å². The van der Waals surface area contributed by atoms with E-state index in [1.165, 1.54) is 23.4 Å². The molecule has 3 aromatic rings. The number of nitrogens with zero attached hydrogens (tertiary/aromatic N) is 6. The van der Waals surface area contributed by atoms with E-state index in [9.17, 15) is 14.4 Å². The van der Waals surface area contributed by atoms with Crippen LogP contribution in [0, 0.1) is 5.82 Å². The van der Waals surface area contributed by atoms with Crippen LogP contribution in [-0.2, 0) is 25.7 Å². The van der Waals surface area contributed by atoms with E-state index in [0.29, 0.717) is 41.2 Å². The van der Waals surface area contributed by atoms with E-state index in [-0.39, 0.29) is 25.9 Å². The third-order valence-corrected chi connectivity index (χ3v) is 6.69. The SMILES string of the molecule is NC(=O)[C@H](CCC(=O)O)NC[C@@H]1CC(c2ccc(-c3ccc(N4CC(Cn5ccnn5)OC4=O)cc3F)cn2)=NO1. The van der Waals surface area contributed by atoms with E-state index in [1.807, 2.05) is 0 Å². The van der Waals surface area contributed by atoms with Crippen molar-refractivity contribution < 1.29 is 33.5 Å². The Morgan fingerprint density at radius 2 is 2.10 bits per heavy atom. The molecular weight excluding hydrogens is 539 g/mol. The lowest BCUT2D eigenvalue weighted by atomic mass is 10.0. The van der Waals surface area contributed by atoms with Gasteiger partial charge in [-0.05, 0) is 30.7 Å². The maximum Gasteiger partial charge on any atom is 0.414 e. The van der Waals surface area contributed by atoms with Crippen molar-refractivity contribution in [3.8, 4) is 11.1 Å². The van der Waals surface area contributed by atoms with Crippen molar-refractivity contribution in [1.29, 1.82) is 0 Å². The Hall–Kier alpha value is -4.92. The molecule has 0 saturated carbocycles. The number of ether oxygens (including phenoxy) is 1. The predicted octanol–water partition coefficient (Wildman–Crippen LogP) is 1.31. The van der Waals surface area contributed by atoms with Crippen LogP contribution in [0.5, 0.6) is 0 Å². The fourth-order valence-electron chi connectivity index (χ4n) is 4.57. The van der Waals surface area contributed by atoms with Crippen molar-refractivity contribution in [1.82, 2.24) is 25.3 Å². The number of nitrogens with two attached hydrogens (primary N) is 1. The monoisotopic (exact) mass is 566 g/mol. The van der Waals surface area contributed by atoms with Gasteiger partial charge in [0.25, 0.3) is 0 Å². The smallest absolute Gasteiger partial charge is 0.414 e. The van der Waals surface area contributed by atoms with Gasteiger partial charge >= 0.3 is 12.1 Å². The molecule has 5 rings (SSSR count). The lowest BCUT2D eigenvalue weighted by molar-refractivity contribution is -0.137. The van der Waals surface area contributed by atoms with Gasteiger partial charge < -0.3 is 25.7 Å². The van der Waals surface area contributed by atoms with Crippen LogP contribution in [-0.4, -0.2) is 80.1 Å². The Morgan fingerprint density at radius 3 is 2.78 bits per heavy atom. The molecule has 2 amide bonds. The molecule has 4 N–H and O–H groups in total. The summed E-state index contributed by atoms with van der Waals surface area (Å²) in [6, 6.07) is 7.12. The molecule has 2 aliphatic rings. The molecule has 1 saturated heterocycles. The second kappa shape index (κ2) is 12.1. The van der Waals surface area contributed by atoms with Crippen molar-refractivity contribution in [2.75, 3.05) is 18.0 Å². The maximum absolute atomic E-state index is 15.1. The number of rotatable bonds is 12. The topological polar surface area (TPSA) is 187 Å². The van der Waals surface area contributed by atoms with Crippen LogP contribution in [0.3, 0.4) is 0 Å². The highest BCUT2D eigenvalue weighted by Crippen LogP contribution is 2.29. The summed E-state index contributed by atoms with van der Waals surface area (Å²) in [6.07, 6.45) is 3.60. The minimum absolute atomic E-state index is 0.0678. The fourth-order valence-corrected chi connectivity index (χ4v) is 4.57. The summed E-state index contributed by atoms with van der Waals surface area (Å²) in [5.74, 6) is -2.18. The number of carbonyl (C=O) groups is 3. The van der Waals surface area contributed by atoms with Gasteiger partial charge in [0.05, 0.1) is 36.7 Å². The average molecular weight is 567 g/mol. The normalized spacial score (nSPS) is 19.0. The molecule has 14 nitrogen and oxygen atoms in total. The number of amides is 2. The number of hydrogen-bond acceptors (Lipinski definition) is 10. The molecule has 4 heterocycles. The molecule has 0 bridgehead atoms. The molecule has 0 spiro atoms. The zero-order chi connectivity index (χ0) is 28.9. The molecule has 15 heteroatoms. The Balaban J connectivity index is 1.17. The van der Waals surface area contributed by atoms with E-state index in [1.54, 1.807) is 35.1 Å². The lowest BCUT2D eigenvalue weighted by Gasteiger charge is -2.16. The summed E-state index contributed by atoms with van der Waals surface area (Å²) in [5.41, 5.74) is 7.69. The first-order chi connectivity index (χ1) is 19.8. The number of carbonyl (C=O) groups excluding carboxylic acids is 2. The first-order valence-corrected chi connectivity index (χ1v) is 12.8. The van der Waals surface area contributed by atoms with E-state index in [4.69, 9.17) is 20.4 Å². The molecule has 1 fully saturated rings. The lowest BCUT2D eigenvalue weighted by Crippen LogP contribution is -2.44. The van der Waals surface area contributed by atoms with Gasteiger partial charge in [-0.25, -0.2) is 13.9 Å². The summed E-state index contributed by atoms with van der Waals surface area (Å²) in [7, 11) is 0. The number of anilines is 1. The molecule has 2 aliphatic heterocycles. The van der Waals surface area contributed by atoms with E-state index >= 15 is 4.39 Å². The standard InChI is InChI=1S/C26H27FN8O6/c27-20-9-16(35-14-18(40-26(35)39)13-34-8-7-31-33-34)2-3-19(20)15-1-4-21(29-11-15)23-10-17(41-32-23)12-30-22(25(28)38)5-6-24(36)37/h1-4,7-9,11,17-18,22,30H,5-6,10,12-14H2,(H2,28,38)(H,36,37)/t17-,18?,22-/m0/s1. The second-order valence-electron chi connectivity index (χ2n) is 9.60. The van der Waals surface area contributed by atoms with Crippen LogP contribution in [0.15, 0.2) is 54.1 Å². The van der Waals surface area contributed by atoms with Crippen molar-refractivity contribution in [3.63, 3.8) is 0 Å². The summed E-state index contributed by atoms with van der Waals surface area (Å²) < 4.78 is 22.1. The number of aliphatic carboxylic acids is 1. The minimum atomic E-state index is -1.02. The van der Waals surface area contributed by atoms with Crippen molar-refractivity contribution in [3.05, 3.63) is 60.4 Å². The number of carboxylic acid groups (broad SMARTS) is 1. The molecule has 2 aromatic heterocycles. The van der Waals surface area contributed by atoms with Gasteiger partial charge in [-0.3, -0.25) is 19.5 Å². The van der Waals surface area contributed by atoms with Crippen LogP contribution in [0.1, 0.15) is 25.0 Å². The van der Waals surface area contributed by atoms with Gasteiger partial charge in [0.1, 0.15) is 23.7 Å². The third kappa shape index (κ3) is 6.63. The van der Waals surface area contributed by atoms with Gasteiger partial charge in [0.2, 0.25) is 5.91 Å². The Bertz CT molecular complexity index is 1450. The summed E-state index contributed by atoms with van der Waals surface area (Å²) in [6.45, 7) is 0.830. The van der Waals surface area contributed by atoms with Crippen LogP contribution >= 0.6 is 0 Å². The van der Waals surface area contributed by atoms with Gasteiger partial charge in [0.15, 0.2) is 0 Å². The van der Waals surface area contributed by atoms with E-state index in [2.05, 4.69) is 25.8 Å². The van der Waals surface area contributed by atoms with Gasteiger partial charge in [-0.1, -0.05) is 16.4 Å². The highest BCUT2D eigenvalue weighted by Gasteiger charge is 2.33. The number of aromatic nitrogens is 4. The Morgan fingerprint density at radius 1 is 1.24 bits per heavy atom. The molecule has 3 atom stereocenters. The zero-order valence-corrected chi connectivity index (χ0v) is 21.7. The number of cyclic esters (lactones) is 1.